The third-order valence-corrected chi connectivity index (χ3v) is 17.0. The number of anilines is 1. The third-order valence-electron chi connectivity index (χ3n) is 12.8. The van der Waals surface area contributed by atoms with Crippen molar-refractivity contribution in [2.24, 2.45) is 0 Å². The summed E-state index contributed by atoms with van der Waals surface area (Å²) in [5, 5.41) is 8.89. The molecule has 0 saturated carbocycles. The van der Waals surface area contributed by atoms with Crippen molar-refractivity contribution in [1.29, 1.82) is 0 Å². The highest BCUT2D eigenvalue weighted by Crippen LogP contribution is 2.54. The summed E-state index contributed by atoms with van der Waals surface area (Å²) in [6, 6.07) is 8.81. The van der Waals surface area contributed by atoms with Crippen LogP contribution in [0.1, 0.15) is 76.8 Å². The standard InChI is InChI=1S/C45H52N2O18S5/c1-5-46-35-18-16-31-33(25-29(67(53,54)55)27-37(31)69(59,60)61)42(35)45(3,21-23-65-4)39(46)13-8-6-9-14-40-44(2,20-12-24-66(50,51)52)43-34-26-30(68(56,57)58)28-38(70(62,63)64)32(34)17-19-36(43)47(40)22-11-7-10-15-41(48)49/h6,8-9,13-14,16-19,25-28H,5,7,10-12,15,20-24H2,1-4H3,(H5-,48,49,50,51,52,53,54,55,56,57,58,59,60,61,62,63,64)/p-3. The molecule has 2 N–H and O–H groups in total. The first kappa shape index (κ1) is 54.4. The van der Waals surface area contributed by atoms with Crippen LogP contribution in [-0.4, -0.2) is 119 Å². The number of allylic oxidation sites excluding steroid dienone is 6. The molecule has 0 fully saturated rings. The molecule has 4 aromatic carbocycles. The van der Waals surface area contributed by atoms with Crippen LogP contribution in [0.5, 0.6) is 0 Å². The van der Waals surface area contributed by atoms with Crippen molar-refractivity contribution in [2.75, 3.05) is 37.5 Å². The lowest BCUT2D eigenvalue weighted by atomic mass is 9.74. The van der Waals surface area contributed by atoms with Crippen molar-refractivity contribution >= 4 is 95.2 Å². The Labute approximate surface area is 406 Å². The van der Waals surface area contributed by atoms with Crippen molar-refractivity contribution in [1.82, 2.24) is 0 Å². The zero-order valence-corrected chi connectivity index (χ0v) is 42.2. The quantitative estimate of drug-likeness (QED) is 0.0474. The van der Waals surface area contributed by atoms with E-state index in [9.17, 15) is 74.8 Å². The Kier molecular flexibility index (Phi) is 15.5. The Balaban J connectivity index is 1.55. The van der Waals surface area contributed by atoms with Gasteiger partial charge in [0.1, 0.15) is 47.0 Å². The number of benzene rings is 4. The van der Waals surface area contributed by atoms with Gasteiger partial charge in [-0.15, -0.1) is 0 Å². The van der Waals surface area contributed by atoms with Crippen LogP contribution in [0.4, 0.5) is 11.4 Å². The molecule has 0 aliphatic carbocycles. The Morgan fingerprint density at radius 3 is 1.79 bits per heavy atom. The fraction of sp³-hybridized carbons (Fsp3) is 0.378. The van der Waals surface area contributed by atoms with Gasteiger partial charge in [-0.05, 0) is 117 Å². The lowest BCUT2D eigenvalue weighted by molar-refractivity contribution is -0.438. The van der Waals surface area contributed by atoms with E-state index in [1.165, 1.54) is 25.3 Å². The van der Waals surface area contributed by atoms with Crippen LogP contribution in [0.2, 0.25) is 0 Å². The largest absolute Gasteiger partial charge is 0.744 e. The van der Waals surface area contributed by atoms with Crippen molar-refractivity contribution in [2.45, 2.75) is 96.1 Å². The maximum Gasteiger partial charge on any atom is 0.303 e. The maximum absolute atomic E-state index is 12.6. The highest BCUT2D eigenvalue weighted by Gasteiger charge is 2.49. The van der Waals surface area contributed by atoms with E-state index in [0.29, 0.717) is 66.3 Å². The average Bonchev–Trinajstić information content (AvgIpc) is 3.63. The van der Waals surface area contributed by atoms with E-state index < -0.39 is 92.7 Å². The summed E-state index contributed by atoms with van der Waals surface area (Å²) in [6.45, 7) is 6.00. The van der Waals surface area contributed by atoms with Crippen LogP contribution < -0.4 is 4.90 Å². The number of unbranched alkanes of at least 4 members (excludes halogenated alkanes) is 2. The Morgan fingerprint density at radius 2 is 1.27 bits per heavy atom. The first-order chi connectivity index (χ1) is 32.4. The number of hydrogen-bond donors (Lipinski definition) is 2. The van der Waals surface area contributed by atoms with Gasteiger partial charge in [-0.25, -0.2) is 33.7 Å². The normalized spacial score (nSPS) is 19.7. The molecule has 2 aliphatic heterocycles. The number of carboxylic acid groups (broad SMARTS) is 1. The summed E-state index contributed by atoms with van der Waals surface area (Å²) < 4.78 is 190. The predicted octanol–water partition coefficient (Wildman–Crippen LogP) is 5.11. The molecular weight excluding hydrogens is 1020 g/mol. The summed E-state index contributed by atoms with van der Waals surface area (Å²) in [4.78, 5) is 9.41. The van der Waals surface area contributed by atoms with E-state index in [2.05, 4.69) is 0 Å². The van der Waals surface area contributed by atoms with Gasteiger partial charge < -0.3 is 33.0 Å². The Morgan fingerprint density at radius 1 is 0.700 bits per heavy atom. The molecule has 0 radical (unpaired) electrons. The fourth-order valence-electron chi connectivity index (χ4n) is 9.78. The minimum absolute atomic E-state index is 0.0502. The van der Waals surface area contributed by atoms with Crippen LogP contribution in [0.25, 0.3) is 21.5 Å². The molecule has 2 unspecified atom stereocenters. The highest BCUT2D eigenvalue weighted by molar-refractivity contribution is 7.87. The molecule has 380 valence electrons. The van der Waals surface area contributed by atoms with E-state index in [-0.39, 0.29) is 65.9 Å². The molecule has 4 aromatic rings. The number of likely N-dealkylation sites (N-methyl/N-ethyl adjacent to an activating group) is 1. The van der Waals surface area contributed by atoms with Crippen LogP contribution in [0.15, 0.2) is 104 Å². The number of carbonyl (C=O) groups is 1. The number of fused-ring (bicyclic) bond motifs is 6. The summed E-state index contributed by atoms with van der Waals surface area (Å²) in [5.74, 6) is -1.71. The molecule has 6 rings (SSSR count). The van der Waals surface area contributed by atoms with Crippen molar-refractivity contribution in [3.8, 4) is 0 Å². The fourth-order valence-corrected chi connectivity index (χ4v) is 12.9. The summed E-state index contributed by atoms with van der Waals surface area (Å²) in [7, 11) is -24.4. The Bertz CT molecular complexity index is 3510. The minimum Gasteiger partial charge on any atom is -0.744 e. The second-order valence-corrected chi connectivity index (χ2v) is 24.4. The topological polar surface area (TPSA) is 336 Å². The number of rotatable bonds is 21. The number of methoxy groups -OCH3 is 1. The van der Waals surface area contributed by atoms with Gasteiger partial charge in [0.25, 0.3) is 10.1 Å². The predicted molar refractivity (Wildman–Crippen MR) is 252 cm³/mol. The molecule has 0 aromatic heterocycles. The van der Waals surface area contributed by atoms with Crippen LogP contribution in [0, 0.1) is 0 Å². The van der Waals surface area contributed by atoms with E-state index in [4.69, 9.17) is 4.74 Å². The van der Waals surface area contributed by atoms with Gasteiger partial charge in [0.15, 0.2) is 5.71 Å². The minimum atomic E-state index is -5.40. The second-order valence-electron chi connectivity index (χ2n) is 17.3. The lowest BCUT2D eigenvalue weighted by Gasteiger charge is -2.30. The summed E-state index contributed by atoms with van der Waals surface area (Å²) in [5.41, 5.74) is 0.254. The van der Waals surface area contributed by atoms with Gasteiger partial charge in [-0.3, -0.25) is 9.35 Å². The lowest BCUT2D eigenvalue weighted by Crippen LogP contribution is -2.32. The van der Waals surface area contributed by atoms with Crippen LogP contribution >= 0.6 is 0 Å². The molecule has 70 heavy (non-hydrogen) atoms. The molecule has 2 heterocycles. The van der Waals surface area contributed by atoms with Crippen molar-refractivity contribution in [3.63, 3.8) is 0 Å². The van der Waals surface area contributed by atoms with Crippen molar-refractivity contribution < 1.29 is 84.1 Å². The van der Waals surface area contributed by atoms with E-state index >= 15 is 0 Å². The van der Waals surface area contributed by atoms with Gasteiger partial charge in [-0.1, -0.05) is 24.3 Å². The number of ether oxygens (including phenoxy) is 1. The highest BCUT2D eigenvalue weighted by atomic mass is 32.2. The molecular formula is C45H49N2O18S5-3. The smallest absolute Gasteiger partial charge is 0.303 e. The number of carboxylic acids is 1. The van der Waals surface area contributed by atoms with Gasteiger partial charge in [0.2, 0.25) is 5.69 Å². The zero-order chi connectivity index (χ0) is 52.0. The molecule has 0 spiro atoms. The zero-order valence-electron chi connectivity index (χ0n) is 38.1. The monoisotopic (exact) mass is 1070 g/mol. The third kappa shape index (κ3) is 11.1. The van der Waals surface area contributed by atoms with Crippen LogP contribution in [0.3, 0.4) is 0 Å². The molecule has 2 atom stereocenters. The number of aliphatic carboxylic acids is 1. The molecule has 0 saturated heterocycles. The summed E-state index contributed by atoms with van der Waals surface area (Å²) >= 11 is 0. The molecule has 25 heteroatoms. The van der Waals surface area contributed by atoms with Gasteiger partial charge in [0, 0.05) is 73.0 Å². The molecule has 2 aliphatic rings. The van der Waals surface area contributed by atoms with Crippen molar-refractivity contribution in [3.05, 3.63) is 95.7 Å². The average molecular weight is 1070 g/mol. The molecule has 0 bridgehead atoms. The van der Waals surface area contributed by atoms with Gasteiger partial charge in [0.05, 0.1) is 30.7 Å². The van der Waals surface area contributed by atoms with Gasteiger partial charge in [-0.2, -0.15) is 13.0 Å². The van der Waals surface area contributed by atoms with E-state index in [0.717, 1.165) is 12.1 Å². The van der Waals surface area contributed by atoms with Gasteiger partial charge >= 0.3 is 5.97 Å². The second kappa shape index (κ2) is 19.9. The first-order valence-corrected chi connectivity index (χ1v) is 28.8. The molecule has 20 nitrogen and oxygen atoms in total. The first-order valence-electron chi connectivity index (χ1n) is 21.6. The SMILES string of the molecule is CCN1C(=CC=CC=CC2=[N+](CCCCCC(=O)O)c3ccc4c(S(=O)(=O)[O-])cc(S(=O)(=O)[O-])cc4c3C2(C)CCCS(=O)(=O)O)C(C)(CCOC)c2c1ccc1c(S(=O)(=O)[O-])cc(S(=O)(=O)[O-])cc21. The maximum atomic E-state index is 12.6. The Hall–Kier alpha value is -4.93. The van der Waals surface area contributed by atoms with E-state index in [1.807, 2.05) is 23.3 Å². The molecule has 0 amide bonds. The number of hydrogen-bond acceptors (Lipinski definition) is 17. The van der Waals surface area contributed by atoms with E-state index in [1.54, 1.807) is 43.4 Å². The number of nitrogens with zero attached hydrogens (tertiary/aromatic N) is 2. The van der Waals surface area contributed by atoms with Crippen LogP contribution in [-0.2, 0) is 71.0 Å². The summed E-state index contributed by atoms with van der Waals surface area (Å²) in [6.07, 6.45) is 9.34.